The predicted molar refractivity (Wildman–Crippen MR) is 99.4 cm³/mol. The Hall–Kier alpha value is -1.66. The van der Waals surface area contributed by atoms with Gasteiger partial charge in [-0.25, -0.2) is 9.97 Å². The number of hydrogen-bond donors (Lipinski definition) is 0. The summed E-state index contributed by atoms with van der Waals surface area (Å²) in [6.45, 7) is 3.18. The number of anilines is 1. The minimum absolute atomic E-state index is 0.453. The summed E-state index contributed by atoms with van der Waals surface area (Å²) in [6, 6.07) is 10.9. The van der Waals surface area contributed by atoms with Crippen molar-refractivity contribution < 1.29 is 4.74 Å². The number of rotatable bonds is 5. The fourth-order valence-electron chi connectivity index (χ4n) is 3.16. The molecule has 1 aromatic carbocycles. The molecule has 3 rings (SSSR count). The Bertz CT molecular complexity index is 664. The van der Waals surface area contributed by atoms with Crippen molar-refractivity contribution in [2.75, 3.05) is 32.1 Å². The van der Waals surface area contributed by atoms with Gasteiger partial charge in [0.25, 0.3) is 0 Å². The van der Waals surface area contributed by atoms with Crippen LogP contribution in [-0.2, 0) is 6.54 Å². The van der Waals surface area contributed by atoms with E-state index in [-0.39, 0.29) is 0 Å². The lowest BCUT2D eigenvalue weighted by atomic mass is 10.0. The number of benzene rings is 1. The lowest BCUT2D eigenvalue weighted by Crippen LogP contribution is -2.46. The average Bonchev–Trinajstić information content (AvgIpc) is 2.63. The van der Waals surface area contributed by atoms with Gasteiger partial charge >= 0.3 is 0 Å². The standard InChI is InChI=1S/C18H23BrN4O/c1-22(17-10-18(24-2)21-13-20-17)16-4-3-9-23(12-16)11-14-5-7-15(19)8-6-14/h5-8,10,13,16H,3-4,9,11-12H2,1-2H3. The summed E-state index contributed by atoms with van der Waals surface area (Å²) in [5.41, 5.74) is 1.35. The highest BCUT2D eigenvalue weighted by atomic mass is 79.9. The molecule has 1 aliphatic rings. The molecule has 1 fully saturated rings. The van der Waals surface area contributed by atoms with E-state index in [2.05, 4.69) is 67.0 Å². The molecule has 128 valence electrons. The van der Waals surface area contributed by atoms with E-state index < -0.39 is 0 Å². The van der Waals surface area contributed by atoms with Gasteiger partial charge in [-0.2, -0.15) is 0 Å². The van der Waals surface area contributed by atoms with Crippen molar-refractivity contribution in [2.24, 2.45) is 0 Å². The second-order valence-electron chi connectivity index (χ2n) is 6.19. The summed E-state index contributed by atoms with van der Waals surface area (Å²) in [5, 5.41) is 0. The van der Waals surface area contributed by atoms with Gasteiger partial charge in [-0.3, -0.25) is 4.90 Å². The molecule has 0 radical (unpaired) electrons. The first kappa shape index (κ1) is 17.2. The molecule has 5 nitrogen and oxygen atoms in total. The van der Waals surface area contributed by atoms with Crippen molar-refractivity contribution in [3.63, 3.8) is 0 Å². The van der Waals surface area contributed by atoms with Crippen LogP contribution in [0.2, 0.25) is 0 Å². The van der Waals surface area contributed by atoms with Gasteiger partial charge in [0.1, 0.15) is 12.1 Å². The molecule has 1 atom stereocenters. The van der Waals surface area contributed by atoms with Gasteiger partial charge in [0.05, 0.1) is 7.11 Å². The van der Waals surface area contributed by atoms with Crippen LogP contribution in [0.25, 0.3) is 0 Å². The summed E-state index contributed by atoms with van der Waals surface area (Å²) in [4.78, 5) is 13.2. The van der Waals surface area contributed by atoms with Crippen LogP contribution in [0, 0.1) is 0 Å². The summed E-state index contributed by atoms with van der Waals surface area (Å²) in [5.74, 6) is 1.52. The quantitative estimate of drug-likeness (QED) is 0.782. The third kappa shape index (κ3) is 4.24. The molecule has 0 aliphatic carbocycles. The maximum atomic E-state index is 5.21. The number of ether oxygens (including phenoxy) is 1. The third-order valence-corrected chi connectivity index (χ3v) is 5.07. The molecule has 0 amide bonds. The Morgan fingerprint density at radius 3 is 2.83 bits per heavy atom. The van der Waals surface area contributed by atoms with Crippen LogP contribution in [0.1, 0.15) is 18.4 Å². The van der Waals surface area contributed by atoms with Crippen LogP contribution in [0.4, 0.5) is 5.82 Å². The Kier molecular flexibility index (Phi) is 5.68. The number of likely N-dealkylation sites (tertiary alicyclic amines) is 1. The van der Waals surface area contributed by atoms with Crippen molar-refractivity contribution in [3.05, 3.63) is 46.7 Å². The van der Waals surface area contributed by atoms with Gasteiger partial charge in [0.2, 0.25) is 5.88 Å². The third-order valence-electron chi connectivity index (χ3n) is 4.55. The van der Waals surface area contributed by atoms with Crippen LogP contribution < -0.4 is 9.64 Å². The number of aromatic nitrogens is 2. The molecule has 0 spiro atoms. The summed E-state index contributed by atoms with van der Waals surface area (Å²) < 4.78 is 6.34. The SMILES string of the molecule is COc1cc(N(C)C2CCCN(Cc3ccc(Br)cc3)C2)ncn1. The molecule has 6 heteroatoms. The minimum atomic E-state index is 0.453. The second kappa shape index (κ2) is 7.94. The first-order valence-electron chi connectivity index (χ1n) is 8.21. The molecular formula is C18H23BrN4O. The highest BCUT2D eigenvalue weighted by Gasteiger charge is 2.24. The van der Waals surface area contributed by atoms with Crippen LogP contribution >= 0.6 is 15.9 Å². The number of likely N-dealkylation sites (N-methyl/N-ethyl adjacent to an activating group) is 1. The largest absolute Gasteiger partial charge is 0.481 e. The lowest BCUT2D eigenvalue weighted by molar-refractivity contribution is 0.198. The second-order valence-corrected chi connectivity index (χ2v) is 7.10. The van der Waals surface area contributed by atoms with E-state index in [0.717, 1.165) is 29.9 Å². The number of nitrogens with zero attached hydrogens (tertiary/aromatic N) is 4. The van der Waals surface area contributed by atoms with Crippen LogP contribution in [-0.4, -0.2) is 48.2 Å². The van der Waals surface area contributed by atoms with Crippen LogP contribution in [0.5, 0.6) is 5.88 Å². The van der Waals surface area contributed by atoms with E-state index in [4.69, 9.17) is 4.74 Å². The van der Waals surface area contributed by atoms with E-state index in [1.807, 2.05) is 6.07 Å². The maximum Gasteiger partial charge on any atom is 0.218 e. The lowest BCUT2D eigenvalue weighted by Gasteiger charge is -2.38. The first-order valence-corrected chi connectivity index (χ1v) is 9.00. The van der Waals surface area contributed by atoms with Crippen LogP contribution in [0.15, 0.2) is 41.1 Å². The zero-order chi connectivity index (χ0) is 16.9. The minimum Gasteiger partial charge on any atom is -0.481 e. The monoisotopic (exact) mass is 390 g/mol. The normalized spacial score (nSPS) is 18.4. The van der Waals surface area contributed by atoms with E-state index in [0.29, 0.717) is 11.9 Å². The molecule has 0 bridgehead atoms. The zero-order valence-electron chi connectivity index (χ0n) is 14.2. The van der Waals surface area contributed by atoms with Crippen LogP contribution in [0.3, 0.4) is 0 Å². The Balaban J connectivity index is 1.64. The van der Waals surface area contributed by atoms with Crippen molar-refractivity contribution in [3.8, 4) is 5.88 Å². The van der Waals surface area contributed by atoms with E-state index >= 15 is 0 Å². The highest BCUT2D eigenvalue weighted by molar-refractivity contribution is 9.10. The molecule has 1 aromatic heterocycles. The topological polar surface area (TPSA) is 41.5 Å². The molecule has 0 saturated carbocycles. The highest BCUT2D eigenvalue weighted by Crippen LogP contribution is 2.23. The van der Waals surface area contributed by atoms with Gasteiger partial charge in [-0.15, -0.1) is 0 Å². The summed E-state index contributed by atoms with van der Waals surface area (Å²) in [6.07, 6.45) is 3.94. The molecule has 1 unspecified atom stereocenters. The Morgan fingerprint density at radius 1 is 1.29 bits per heavy atom. The molecular weight excluding hydrogens is 368 g/mol. The molecule has 2 aromatic rings. The van der Waals surface area contributed by atoms with Crippen molar-refractivity contribution in [1.29, 1.82) is 0 Å². The molecule has 2 heterocycles. The Morgan fingerprint density at radius 2 is 2.08 bits per heavy atom. The van der Waals surface area contributed by atoms with Gasteiger partial charge in [0, 0.05) is 36.7 Å². The number of methoxy groups -OCH3 is 1. The number of piperidine rings is 1. The van der Waals surface area contributed by atoms with Gasteiger partial charge in [0.15, 0.2) is 0 Å². The molecule has 1 saturated heterocycles. The zero-order valence-corrected chi connectivity index (χ0v) is 15.7. The average molecular weight is 391 g/mol. The number of hydrogen-bond acceptors (Lipinski definition) is 5. The van der Waals surface area contributed by atoms with E-state index in [1.165, 1.54) is 18.4 Å². The fraction of sp³-hybridized carbons (Fsp3) is 0.444. The van der Waals surface area contributed by atoms with E-state index in [9.17, 15) is 0 Å². The summed E-state index contributed by atoms with van der Waals surface area (Å²) in [7, 11) is 3.74. The van der Waals surface area contributed by atoms with Crippen molar-refractivity contribution in [1.82, 2.24) is 14.9 Å². The van der Waals surface area contributed by atoms with Crippen molar-refractivity contribution >= 4 is 21.7 Å². The number of halogens is 1. The smallest absolute Gasteiger partial charge is 0.218 e. The van der Waals surface area contributed by atoms with E-state index in [1.54, 1.807) is 13.4 Å². The van der Waals surface area contributed by atoms with Crippen molar-refractivity contribution in [2.45, 2.75) is 25.4 Å². The summed E-state index contributed by atoms with van der Waals surface area (Å²) >= 11 is 3.49. The maximum absolute atomic E-state index is 5.21. The predicted octanol–water partition coefficient (Wildman–Crippen LogP) is 3.35. The Labute approximate surface area is 151 Å². The van der Waals surface area contributed by atoms with Gasteiger partial charge < -0.3 is 9.64 Å². The van der Waals surface area contributed by atoms with Gasteiger partial charge in [-0.1, -0.05) is 28.1 Å². The molecule has 0 N–H and O–H groups in total. The fourth-order valence-corrected chi connectivity index (χ4v) is 3.42. The molecule has 1 aliphatic heterocycles. The van der Waals surface area contributed by atoms with Gasteiger partial charge in [-0.05, 0) is 37.1 Å². The first-order chi connectivity index (χ1) is 11.7. The molecule has 24 heavy (non-hydrogen) atoms.